The highest BCUT2D eigenvalue weighted by Gasteiger charge is 2.20. The Labute approximate surface area is 178 Å². The number of aryl methyl sites for hydroxylation is 2. The van der Waals surface area contributed by atoms with Crippen molar-refractivity contribution in [1.82, 2.24) is 20.5 Å². The number of anilines is 1. The SMILES string of the molecule is CCNC(=NCc1nc(C)c(C)o1)NCCC(=O)N1CCN(c2ccccc2)CC1. The van der Waals surface area contributed by atoms with Crippen molar-refractivity contribution in [3.8, 4) is 0 Å². The van der Waals surface area contributed by atoms with Crippen LogP contribution in [-0.4, -0.2) is 61.0 Å². The Morgan fingerprint density at radius 1 is 1.13 bits per heavy atom. The van der Waals surface area contributed by atoms with Crippen LogP contribution in [0.3, 0.4) is 0 Å². The molecule has 0 radical (unpaired) electrons. The van der Waals surface area contributed by atoms with Crippen LogP contribution in [0.1, 0.15) is 30.7 Å². The molecule has 1 aliphatic rings. The van der Waals surface area contributed by atoms with Gasteiger partial charge in [-0.05, 0) is 32.9 Å². The van der Waals surface area contributed by atoms with Crippen LogP contribution < -0.4 is 15.5 Å². The van der Waals surface area contributed by atoms with E-state index in [0.717, 1.165) is 44.2 Å². The molecule has 1 aliphatic heterocycles. The first-order chi connectivity index (χ1) is 14.6. The van der Waals surface area contributed by atoms with E-state index in [1.54, 1.807) is 0 Å². The van der Waals surface area contributed by atoms with E-state index < -0.39 is 0 Å². The lowest BCUT2D eigenvalue weighted by Crippen LogP contribution is -2.49. The zero-order chi connectivity index (χ0) is 21.3. The Kier molecular flexibility index (Phi) is 7.70. The first-order valence-corrected chi connectivity index (χ1v) is 10.6. The average Bonchev–Trinajstić information content (AvgIpc) is 3.10. The summed E-state index contributed by atoms with van der Waals surface area (Å²) in [6.45, 7) is 10.7. The van der Waals surface area contributed by atoms with Gasteiger partial charge in [0.1, 0.15) is 12.3 Å². The predicted octanol–water partition coefficient (Wildman–Crippen LogP) is 2.09. The normalized spacial score (nSPS) is 14.7. The molecule has 30 heavy (non-hydrogen) atoms. The molecule has 1 fully saturated rings. The number of piperazine rings is 1. The third-order valence-corrected chi connectivity index (χ3v) is 5.17. The molecule has 162 valence electrons. The van der Waals surface area contributed by atoms with Gasteiger partial charge in [-0.1, -0.05) is 18.2 Å². The monoisotopic (exact) mass is 412 g/mol. The van der Waals surface area contributed by atoms with E-state index in [-0.39, 0.29) is 5.91 Å². The van der Waals surface area contributed by atoms with E-state index in [2.05, 4.69) is 37.6 Å². The number of para-hydroxylation sites is 1. The van der Waals surface area contributed by atoms with Crippen molar-refractivity contribution >= 4 is 17.6 Å². The summed E-state index contributed by atoms with van der Waals surface area (Å²) in [5, 5.41) is 6.42. The summed E-state index contributed by atoms with van der Waals surface area (Å²) in [7, 11) is 0. The largest absolute Gasteiger partial charge is 0.444 e. The number of aliphatic imine (C=N–C) groups is 1. The van der Waals surface area contributed by atoms with Gasteiger partial charge in [0.15, 0.2) is 5.96 Å². The molecule has 0 bridgehead atoms. The zero-order valence-electron chi connectivity index (χ0n) is 18.1. The Hall–Kier alpha value is -3.03. The van der Waals surface area contributed by atoms with Crippen LogP contribution in [0.4, 0.5) is 5.69 Å². The number of hydrogen-bond donors (Lipinski definition) is 2. The number of benzene rings is 1. The summed E-state index contributed by atoms with van der Waals surface area (Å²) >= 11 is 0. The number of carbonyl (C=O) groups is 1. The van der Waals surface area contributed by atoms with Crippen LogP contribution in [0, 0.1) is 13.8 Å². The molecule has 0 aliphatic carbocycles. The van der Waals surface area contributed by atoms with Crippen LogP contribution >= 0.6 is 0 Å². The first kappa shape index (κ1) is 21.7. The van der Waals surface area contributed by atoms with E-state index in [1.165, 1.54) is 5.69 Å². The van der Waals surface area contributed by atoms with Gasteiger partial charge in [-0.25, -0.2) is 9.98 Å². The van der Waals surface area contributed by atoms with Gasteiger partial charge in [0.05, 0.1) is 5.69 Å². The molecule has 1 aromatic heterocycles. The molecule has 8 nitrogen and oxygen atoms in total. The Morgan fingerprint density at radius 3 is 2.50 bits per heavy atom. The van der Waals surface area contributed by atoms with E-state index in [4.69, 9.17) is 4.42 Å². The highest BCUT2D eigenvalue weighted by Crippen LogP contribution is 2.15. The molecule has 1 aromatic carbocycles. The lowest BCUT2D eigenvalue weighted by atomic mass is 10.2. The van der Waals surface area contributed by atoms with E-state index in [9.17, 15) is 4.79 Å². The quantitative estimate of drug-likeness (QED) is 0.535. The van der Waals surface area contributed by atoms with Gasteiger partial charge >= 0.3 is 0 Å². The predicted molar refractivity (Wildman–Crippen MR) is 119 cm³/mol. The Morgan fingerprint density at radius 2 is 1.87 bits per heavy atom. The number of carbonyl (C=O) groups excluding carboxylic acids is 1. The fourth-order valence-corrected chi connectivity index (χ4v) is 3.39. The number of nitrogens with one attached hydrogen (secondary N) is 2. The molecule has 0 atom stereocenters. The van der Waals surface area contributed by atoms with Crippen molar-refractivity contribution in [1.29, 1.82) is 0 Å². The molecule has 0 saturated carbocycles. The maximum atomic E-state index is 12.6. The van der Waals surface area contributed by atoms with Crippen molar-refractivity contribution in [2.75, 3.05) is 44.2 Å². The van der Waals surface area contributed by atoms with Crippen molar-refractivity contribution < 1.29 is 9.21 Å². The Balaban J connectivity index is 1.42. The van der Waals surface area contributed by atoms with Gasteiger partial charge in [0, 0.05) is 51.4 Å². The second-order valence-electron chi connectivity index (χ2n) is 7.32. The number of guanidine groups is 1. The minimum atomic E-state index is 0.171. The zero-order valence-corrected chi connectivity index (χ0v) is 18.1. The Bertz CT molecular complexity index is 821. The van der Waals surface area contributed by atoms with Gasteiger partial charge in [-0.3, -0.25) is 4.79 Å². The minimum absolute atomic E-state index is 0.171. The number of rotatable bonds is 7. The van der Waals surface area contributed by atoms with Crippen LogP contribution in [0.2, 0.25) is 0 Å². The maximum absolute atomic E-state index is 12.6. The third kappa shape index (κ3) is 5.98. The van der Waals surface area contributed by atoms with Crippen molar-refractivity contribution in [2.24, 2.45) is 4.99 Å². The molecule has 2 aromatic rings. The minimum Gasteiger partial charge on any atom is -0.444 e. The van der Waals surface area contributed by atoms with Gasteiger partial charge in [-0.2, -0.15) is 0 Å². The maximum Gasteiger partial charge on any atom is 0.224 e. The van der Waals surface area contributed by atoms with Gasteiger partial charge in [0.2, 0.25) is 11.8 Å². The van der Waals surface area contributed by atoms with Crippen LogP contribution in [-0.2, 0) is 11.3 Å². The van der Waals surface area contributed by atoms with E-state index >= 15 is 0 Å². The van der Waals surface area contributed by atoms with Gasteiger partial charge < -0.3 is 24.9 Å². The summed E-state index contributed by atoms with van der Waals surface area (Å²) in [6.07, 6.45) is 0.437. The summed E-state index contributed by atoms with van der Waals surface area (Å²) in [6, 6.07) is 10.3. The molecule has 1 saturated heterocycles. The summed E-state index contributed by atoms with van der Waals surface area (Å²) < 4.78 is 5.57. The number of hydrogen-bond acceptors (Lipinski definition) is 5. The van der Waals surface area contributed by atoms with Crippen molar-refractivity contribution in [3.05, 3.63) is 47.7 Å². The molecule has 3 rings (SSSR count). The summed E-state index contributed by atoms with van der Waals surface area (Å²) in [4.78, 5) is 25.7. The molecule has 2 N–H and O–H groups in total. The van der Waals surface area contributed by atoms with Gasteiger partial charge in [-0.15, -0.1) is 0 Å². The molecule has 2 heterocycles. The summed E-state index contributed by atoms with van der Waals surface area (Å²) in [5.41, 5.74) is 2.10. The second kappa shape index (κ2) is 10.7. The molecule has 8 heteroatoms. The smallest absolute Gasteiger partial charge is 0.224 e. The molecule has 1 amide bonds. The first-order valence-electron chi connectivity index (χ1n) is 10.6. The van der Waals surface area contributed by atoms with Gasteiger partial charge in [0.25, 0.3) is 0 Å². The molecular weight excluding hydrogens is 380 g/mol. The third-order valence-electron chi connectivity index (χ3n) is 5.17. The number of aromatic nitrogens is 1. The number of amides is 1. The fraction of sp³-hybridized carbons (Fsp3) is 0.500. The summed E-state index contributed by atoms with van der Waals surface area (Å²) in [5.74, 6) is 2.24. The second-order valence-corrected chi connectivity index (χ2v) is 7.32. The van der Waals surface area contributed by atoms with Crippen LogP contribution in [0.15, 0.2) is 39.7 Å². The average molecular weight is 413 g/mol. The lowest BCUT2D eigenvalue weighted by molar-refractivity contribution is -0.131. The number of nitrogens with zero attached hydrogens (tertiary/aromatic N) is 4. The standard InChI is InChI=1S/C22H32N6O2/c1-4-23-22(25-16-20-26-17(2)18(3)30-20)24-11-10-21(29)28-14-12-27(13-15-28)19-8-6-5-7-9-19/h5-9H,4,10-16H2,1-3H3,(H2,23,24,25). The van der Waals surface area contributed by atoms with E-state index in [1.807, 2.05) is 43.9 Å². The van der Waals surface area contributed by atoms with Crippen LogP contribution in [0.25, 0.3) is 0 Å². The highest BCUT2D eigenvalue weighted by molar-refractivity contribution is 5.81. The highest BCUT2D eigenvalue weighted by atomic mass is 16.4. The molecule has 0 unspecified atom stereocenters. The number of oxazole rings is 1. The van der Waals surface area contributed by atoms with Crippen LogP contribution in [0.5, 0.6) is 0 Å². The van der Waals surface area contributed by atoms with Crippen molar-refractivity contribution in [3.63, 3.8) is 0 Å². The van der Waals surface area contributed by atoms with E-state index in [0.29, 0.717) is 31.4 Å². The molecule has 0 spiro atoms. The lowest BCUT2D eigenvalue weighted by Gasteiger charge is -2.36. The molecular formula is C22H32N6O2. The van der Waals surface area contributed by atoms with Crippen molar-refractivity contribution in [2.45, 2.75) is 33.7 Å². The fourth-order valence-electron chi connectivity index (χ4n) is 3.39. The topological polar surface area (TPSA) is 86.0 Å².